The van der Waals surface area contributed by atoms with Gasteiger partial charge in [0.2, 0.25) is 0 Å². The molecule has 4 aromatic carbocycles. The molecule has 4 atom stereocenters. The van der Waals surface area contributed by atoms with Crippen molar-refractivity contribution in [1.29, 1.82) is 0 Å². The van der Waals surface area contributed by atoms with Crippen LogP contribution in [0.1, 0.15) is 30.7 Å². The molecule has 0 N–H and O–H groups in total. The van der Waals surface area contributed by atoms with Crippen LogP contribution in [0.5, 0.6) is 0 Å². The normalized spacial score (nSPS) is 26.4. The van der Waals surface area contributed by atoms with Crippen molar-refractivity contribution in [1.82, 2.24) is 9.97 Å². The molecule has 4 fully saturated rings. The van der Waals surface area contributed by atoms with E-state index in [1.807, 2.05) is 60.7 Å². The summed E-state index contributed by atoms with van der Waals surface area (Å²) >= 11 is 0. The second-order valence-corrected chi connectivity index (χ2v) is 14.6. The van der Waals surface area contributed by atoms with Crippen LogP contribution in [-0.2, 0) is 0 Å². The van der Waals surface area contributed by atoms with Gasteiger partial charge in [0.1, 0.15) is 33.8 Å². The fourth-order valence-electron chi connectivity index (χ4n) is 10.7. The lowest BCUT2D eigenvalue weighted by molar-refractivity contribution is -0.390. The largest absolute Gasteiger partial charge is 0.454 e. The zero-order chi connectivity index (χ0) is 31.1. The highest BCUT2D eigenvalue weighted by Gasteiger charge is 2.84. The number of benzene rings is 4. The zero-order valence-electron chi connectivity index (χ0n) is 26.2. The van der Waals surface area contributed by atoms with Gasteiger partial charge < -0.3 is 8.83 Å². The van der Waals surface area contributed by atoms with E-state index in [2.05, 4.69) is 65.6 Å². The van der Waals surface area contributed by atoms with Crippen molar-refractivity contribution in [3.05, 3.63) is 127 Å². The van der Waals surface area contributed by atoms with Crippen LogP contribution in [0.25, 0.3) is 55.3 Å². The molecule has 4 aliphatic carbocycles. The maximum atomic E-state index is 6.12. The van der Waals surface area contributed by atoms with Crippen molar-refractivity contribution in [2.24, 2.45) is 29.1 Å². The molecule has 48 heavy (non-hydrogen) atoms. The monoisotopic (exact) mass is 621 g/mol. The number of hydrogen-bond donors (Lipinski definition) is 0. The Morgan fingerprint density at radius 1 is 0.521 bits per heavy atom. The Morgan fingerprint density at radius 3 is 1.58 bits per heavy atom. The maximum absolute atomic E-state index is 6.12. The van der Waals surface area contributed by atoms with Gasteiger partial charge in [-0.15, -0.1) is 0 Å². The van der Waals surface area contributed by atoms with Gasteiger partial charge in [-0.05, 0) is 132 Å². The Labute approximate surface area is 276 Å². The summed E-state index contributed by atoms with van der Waals surface area (Å²) in [5.41, 5.74) is 10.7. The molecule has 0 aliphatic heterocycles. The number of hydrogen-bond acceptors (Lipinski definition) is 5. The topological polar surface area (TPSA) is 55.3 Å². The van der Waals surface area contributed by atoms with Gasteiger partial charge >= 0.3 is 0 Å². The average molecular weight is 622 g/mol. The number of pyridine rings is 2. The highest BCUT2D eigenvalue weighted by atomic mass is 16.3. The molecule has 230 valence electrons. The van der Waals surface area contributed by atoms with Crippen LogP contribution >= 0.6 is 0 Å². The smallest absolute Gasteiger partial charge is 0.154 e. The minimum atomic E-state index is 0.766. The minimum Gasteiger partial charge on any atom is -0.454 e. The molecule has 4 unspecified atom stereocenters. The molecule has 12 rings (SSSR count). The minimum absolute atomic E-state index is 0.766. The van der Waals surface area contributed by atoms with E-state index in [0.717, 1.165) is 96.5 Å². The zero-order valence-corrected chi connectivity index (χ0v) is 26.2. The van der Waals surface area contributed by atoms with Gasteiger partial charge in [-0.3, -0.25) is 4.90 Å². The number of anilines is 3. The standard InChI is InChI=1S/C43H31N3O2/c1-3-7-34-30(5-1)41-36(47-34)17-19-38(44-41)46(39-20-18-37-42(45-39)31-6-2-4-8-35(31)48-37)29-15-13-25(14-16-29)24-9-11-26(12-10-24)40-32-22-27-21-28-23-33(40)43(27,28)32/h1-20,27-28,32-33,40H,21-23H2. The van der Waals surface area contributed by atoms with E-state index < -0.39 is 0 Å². The maximum Gasteiger partial charge on any atom is 0.154 e. The Morgan fingerprint density at radius 2 is 1.04 bits per heavy atom. The summed E-state index contributed by atoms with van der Waals surface area (Å²) in [7, 11) is 0. The van der Waals surface area contributed by atoms with Crippen LogP contribution in [0, 0.1) is 29.1 Å². The lowest BCUT2D eigenvalue weighted by Crippen LogP contribution is -2.82. The van der Waals surface area contributed by atoms with Crippen molar-refractivity contribution in [3.8, 4) is 11.1 Å². The fraction of sp³-hybridized carbons (Fsp3) is 0.209. The molecule has 8 aromatic rings. The first kappa shape index (κ1) is 25.6. The molecule has 0 amide bonds. The van der Waals surface area contributed by atoms with Crippen molar-refractivity contribution in [2.45, 2.75) is 25.2 Å². The van der Waals surface area contributed by atoms with Gasteiger partial charge in [0.25, 0.3) is 0 Å². The fourth-order valence-corrected chi connectivity index (χ4v) is 10.7. The predicted molar refractivity (Wildman–Crippen MR) is 190 cm³/mol. The van der Waals surface area contributed by atoms with E-state index in [0.29, 0.717) is 0 Å². The summed E-state index contributed by atoms with van der Waals surface area (Å²) in [6.07, 6.45) is 4.49. The van der Waals surface area contributed by atoms with E-state index >= 15 is 0 Å². The Balaban J connectivity index is 0.933. The Kier molecular flexibility index (Phi) is 4.77. The Hall–Kier alpha value is -5.42. The van der Waals surface area contributed by atoms with Crippen LogP contribution in [0.3, 0.4) is 0 Å². The second-order valence-electron chi connectivity index (χ2n) is 14.6. The van der Waals surface area contributed by atoms with Crippen LogP contribution in [0.2, 0.25) is 0 Å². The van der Waals surface area contributed by atoms with Crippen LogP contribution in [-0.4, -0.2) is 9.97 Å². The average Bonchev–Trinajstić information content (AvgIpc) is 3.66. The molecule has 4 aliphatic rings. The van der Waals surface area contributed by atoms with E-state index in [1.165, 1.54) is 30.4 Å². The van der Waals surface area contributed by atoms with Crippen molar-refractivity contribution in [2.75, 3.05) is 4.90 Å². The summed E-state index contributed by atoms with van der Waals surface area (Å²) in [5.74, 6) is 6.43. The molecule has 0 radical (unpaired) electrons. The van der Waals surface area contributed by atoms with Gasteiger partial charge in [-0.1, -0.05) is 60.7 Å². The summed E-state index contributed by atoms with van der Waals surface area (Å²) in [6, 6.07) is 42.4. The first-order chi connectivity index (χ1) is 23.7. The SMILES string of the molecule is c1ccc2c(c1)oc1ccc(N(c3ccc(-c4ccc(C5C6CC7CC8CC5C786)cc4)cc3)c3ccc4oc5ccccc5c4n3)nc12. The quantitative estimate of drug-likeness (QED) is 0.191. The molecule has 0 saturated heterocycles. The summed E-state index contributed by atoms with van der Waals surface area (Å²) in [6.45, 7) is 0. The summed E-state index contributed by atoms with van der Waals surface area (Å²) in [5, 5.41) is 1.99. The van der Waals surface area contributed by atoms with Crippen molar-refractivity contribution in [3.63, 3.8) is 0 Å². The van der Waals surface area contributed by atoms with Crippen LogP contribution < -0.4 is 4.90 Å². The second kappa shape index (κ2) is 8.93. The lowest BCUT2D eigenvalue weighted by Gasteiger charge is -2.89. The van der Waals surface area contributed by atoms with Gasteiger partial charge in [0.05, 0.1) is 0 Å². The highest BCUT2D eigenvalue weighted by molar-refractivity contribution is 6.04. The van der Waals surface area contributed by atoms with Crippen molar-refractivity contribution >= 4 is 61.5 Å². The summed E-state index contributed by atoms with van der Waals surface area (Å²) in [4.78, 5) is 12.5. The van der Waals surface area contributed by atoms with Crippen LogP contribution in [0.4, 0.5) is 17.3 Å². The molecule has 4 saturated carbocycles. The molecule has 1 spiro atoms. The van der Waals surface area contributed by atoms with Crippen molar-refractivity contribution < 1.29 is 8.83 Å². The van der Waals surface area contributed by atoms with E-state index in [4.69, 9.17) is 18.8 Å². The van der Waals surface area contributed by atoms with E-state index in [1.54, 1.807) is 5.56 Å². The molecule has 5 nitrogen and oxygen atoms in total. The van der Waals surface area contributed by atoms with Gasteiger partial charge in [-0.2, -0.15) is 0 Å². The highest BCUT2D eigenvalue weighted by Crippen LogP contribution is 2.91. The first-order valence-corrected chi connectivity index (χ1v) is 17.3. The Bertz CT molecular complexity index is 2460. The third-order valence-electron chi connectivity index (χ3n) is 12.8. The van der Waals surface area contributed by atoms with Crippen LogP contribution in [0.15, 0.2) is 130 Å². The third kappa shape index (κ3) is 3.13. The lowest BCUT2D eigenvalue weighted by atomic mass is 9.15. The molecule has 5 heteroatoms. The third-order valence-corrected chi connectivity index (χ3v) is 12.8. The number of fused-ring (bicyclic) bond motifs is 6. The van der Waals surface area contributed by atoms with Gasteiger partial charge in [-0.25, -0.2) is 9.97 Å². The molecule has 4 aromatic heterocycles. The number of para-hydroxylation sites is 2. The molecular formula is C43H31N3O2. The number of nitrogens with zero attached hydrogens (tertiary/aromatic N) is 3. The molecule has 4 heterocycles. The molecule has 0 bridgehead atoms. The predicted octanol–water partition coefficient (Wildman–Crippen LogP) is 11.2. The van der Waals surface area contributed by atoms with E-state index in [9.17, 15) is 0 Å². The molecular weight excluding hydrogens is 590 g/mol. The number of aromatic nitrogens is 2. The number of furan rings is 2. The summed E-state index contributed by atoms with van der Waals surface area (Å²) < 4.78 is 12.2. The first-order valence-electron chi connectivity index (χ1n) is 17.3. The van der Waals surface area contributed by atoms with Gasteiger partial charge in [0.15, 0.2) is 11.2 Å². The van der Waals surface area contributed by atoms with E-state index in [-0.39, 0.29) is 0 Å². The van der Waals surface area contributed by atoms with Gasteiger partial charge in [0, 0.05) is 16.5 Å². The number of rotatable bonds is 5.